The Balaban J connectivity index is 1.65. The molecule has 25 heavy (non-hydrogen) atoms. The summed E-state index contributed by atoms with van der Waals surface area (Å²) in [5.74, 6) is -0.417. The number of amides is 2. The molecule has 1 atom stereocenters. The monoisotopic (exact) mass is 338 g/mol. The summed E-state index contributed by atoms with van der Waals surface area (Å²) in [5.41, 5.74) is 3.16. The van der Waals surface area contributed by atoms with Crippen molar-refractivity contribution in [1.29, 1.82) is 0 Å². The molecule has 2 aromatic rings. The first-order valence-corrected chi connectivity index (χ1v) is 8.49. The van der Waals surface area contributed by atoms with Crippen molar-refractivity contribution in [3.63, 3.8) is 0 Å². The van der Waals surface area contributed by atoms with Gasteiger partial charge in [0.05, 0.1) is 11.3 Å². The van der Waals surface area contributed by atoms with Crippen LogP contribution in [0.5, 0.6) is 0 Å². The lowest BCUT2D eigenvalue weighted by Gasteiger charge is -2.14. The van der Waals surface area contributed by atoms with E-state index in [0.29, 0.717) is 30.8 Å². The number of ether oxygens (including phenoxy) is 1. The predicted molar refractivity (Wildman–Crippen MR) is 96.4 cm³/mol. The summed E-state index contributed by atoms with van der Waals surface area (Å²) in [6.45, 7) is 3.07. The molecule has 1 saturated heterocycles. The third kappa shape index (κ3) is 4.45. The van der Waals surface area contributed by atoms with Gasteiger partial charge in [-0.05, 0) is 37.5 Å². The number of anilines is 1. The minimum absolute atomic E-state index is 0.198. The van der Waals surface area contributed by atoms with E-state index in [0.717, 1.165) is 12.0 Å². The Hall–Kier alpha value is -2.66. The standard InChI is InChI=1S/C20H22N2O3/c1-14-8-10-15(11-9-14)13-21-19(23)16-5-2-3-6-17(16)22-20(24)18-7-4-12-25-18/h2-3,5-6,8-11,18H,4,7,12-13H2,1H3,(H,21,23)(H,22,24)/t18-/m1/s1. The van der Waals surface area contributed by atoms with Gasteiger partial charge in [0.25, 0.3) is 11.8 Å². The van der Waals surface area contributed by atoms with Crippen molar-refractivity contribution in [3.8, 4) is 0 Å². The van der Waals surface area contributed by atoms with E-state index in [1.54, 1.807) is 24.3 Å². The Morgan fingerprint density at radius 2 is 1.88 bits per heavy atom. The lowest BCUT2D eigenvalue weighted by Crippen LogP contribution is -2.29. The molecule has 1 fully saturated rings. The van der Waals surface area contributed by atoms with Gasteiger partial charge in [0.15, 0.2) is 0 Å². The van der Waals surface area contributed by atoms with Gasteiger partial charge in [-0.1, -0.05) is 42.0 Å². The number of aryl methyl sites for hydroxylation is 1. The van der Waals surface area contributed by atoms with Gasteiger partial charge in [-0.25, -0.2) is 0 Å². The second-order valence-electron chi connectivity index (χ2n) is 6.20. The van der Waals surface area contributed by atoms with Crippen LogP contribution in [0.3, 0.4) is 0 Å². The smallest absolute Gasteiger partial charge is 0.253 e. The third-order valence-electron chi connectivity index (χ3n) is 4.23. The van der Waals surface area contributed by atoms with Gasteiger partial charge in [-0.2, -0.15) is 0 Å². The Kier molecular flexibility index (Phi) is 5.46. The molecule has 0 radical (unpaired) electrons. The third-order valence-corrected chi connectivity index (χ3v) is 4.23. The molecule has 0 aromatic heterocycles. The molecule has 3 rings (SSSR count). The molecule has 0 spiro atoms. The fourth-order valence-corrected chi connectivity index (χ4v) is 2.77. The van der Waals surface area contributed by atoms with Crippen LogP contribution in [0.4, 0.5) is 5.69 Å². The van der Waals surface area contributed by atoms with Crippen LogP contribution in [0.15, 0.2) is 48.5 Å². The first kappa shape index (κ1) is 17.2. The van der Waals surface area contributed by atoms with Crippen LogP contribution in [0, 0.1) is 6.92 Å². The Morgan fingerprint density at radius 1 is 1.12 bits per heavy atom. The fourth-order valence-electron chi connectivity index (χ4n) is 2.77. The first-order valence-electron chi connectivity index (χ1n) is 8.49. The van der Waals surface area contributed by atoms with E-state index in [-0.39, 0.29) is 11.8 Å². The molecule has 0 bridgehead atoms. The van der Waals surface area contributed by atoms with Crippen LogP contribution >= 0.6 is 0 Å². The molecular weight excluding hydrogens is 316 g/mol. The van der Waals surface area contributed by atoms with E-state index >= 15 is 0 Å². The second-order valence-corrected chi connectivity index (χ2v) is 6.20. The van der Waals surface area contributed by atoms with Gasteiger partial charge in [0.2, 0.25) is 0 Å². The summed E-state index contributed by atoms with van der Waals surface area (Å²) in [5, 5.41) is 5.71. The van der Waals surface area contributed by atoms with Gasteiger partial charge in [0, 0.05) is 13.2 Å². The minimum atomic E-state index is -0.427. The highest BCUT2D eigenvalue weighted by Gasteiger charge is 2.24. The van der Waals surface area contributed by atoms with Crippen LogP contribution in [-0.2, 0) is 16.1 Å². The summed E-state index contributed by atoms with van der Waals surface area (Å²) in [4.78, 5) is 24.7. The van der Waals surface area contributed by atoms with Gasteiger partial charge >= 0.3 is 0 Å². The molecule has 5 nitrogen and oxygen atoms in total. The molecule has 2 N–H and O–H groups in total. The number of hydrogen-bond donors (Lipinski definition) is 2. The zero-order chi connectivity index (χ0) is 17.6. The van der Waals surface area contributed by atoms with Gasteiger partial charge in [-0.3, -0.25) is 9.59 Å². The number of nitrogens with one attached hydrogen (secondary N) is 2. The summed E-state index contributed by atoms with van der Waals surface area (Å²) >= 11 is 0. The summed E-state index contributed by atoms with van der Waals surface area (Å²) in [6, 6.07) is 15.0. The van der Waals surface area contributed by atoms with E-state index in [1.807, 2.05) is 31.2 Å². The molecule has 1 heterocycles. The minimum Gasteiger partial charge on any atom is -0.368 e. The van der Waals surface area contributed by atoms with Gasteiger partial charge in [0.1, 0.15) is 6.10 Å². The lowest BCUT2D eigenvalue weighted by molar-refractivity contribution is -0.124. The average Bonchev–Trinajstić information content (AvgIpc) is 3.16. The Bertz CT molecular complexity index is 750. The quantitative estimate of drug-likeness (QED) is 0.880. The van der Waals surface area contributed by atoms with E-state index in [4.69, 9.17) is 4.74 Å². The van der Waals surface area contributed by atoms with E-state index < -0.39 is 6.10 Å². The molecule has 0 aliphatic carbocycles. The van der Waals surface area contributed by atoms with Crippen LogP contribution in [-0.4, -0.2) is 24.5 Å². The predicted octanol–water partition coefficient (Wildman–Crippen LogP) is 3.04. The lowest BCUT2D eigenvalue weighted by atomic mass is 10.1. The van der Waals surface area contributed by atoms with E-state index in [2.05, 4.69) is 10.6 Å². The Morgan fingerprint density at radius 3 is 2.60 bits per heavy atom. The number of para-hydroxylation sites is 1. The number of rotatable bonds is 5. The van der Waals surface area contributed by atoms with Crippen LogP contribution < -0.4 is 10.6 Å². The van der Waals surface area contributed by atoms with Crippen molar-refractivity contribution in [2.24, 2.45) is 0 Å². The molecule has 2 amide bonds. The zero-order valence-electron chi connectivity index (χ0n) is 14.2. The van der Waals surface area contributed by atoms with E-state index in [9.17, 15) is 9.59 Å². The van der Waals surface area contributed by atoms with Crippen molar-refractivity contribution in [3.05, 3.63) is 65.2 Å². The molecule has 0 unspecified atom stereocenters. The number of carbonyl (C=O) groups is 2. The molecule has 5 heteroatoms. The zero-order valence-corrected chi connectivity index (χ0v) is 14.2. The van der Waals surface area contributed by atoms with Crippen LogP contribution in [0.1, 0.15) is 34.3 Å². The molecule has 130 valence electrons. The fraction of sp³-hybridized carbons (Fsp3) is 0.300. The number of carbonyl (C=O) groups excluding carboxylic acids is 2. The molecule has 1 aliphatic rings. The molecule has 2 aromatic carbocycles. The van der Waals surface area contributed by atoms with Gasteiger partial charge < -0.3 is 15.4 Å². The highest BCUT2D eigenvalue weighted by molar-refractivity contribution is 6.04. The van der Waals surface area contributed by atoms with Crippen LogP contribution in [0.2, 0.25) is 0 Å². The van der Waals surface area contributed by atoms with Crippen molar-refractivity contribution >= 4 is 17.5 Å². The van der Waals surface area contributed by atoms with Crippen molar-refractivity contribution in [2.45, 2.75) is 32.4 Å². The molecule has 1 aliphatic heterocycles. The highest BCUT2D eigenvalue weighted by Crippen LogP contribution is 2.19. The van der Waals surface area contributed by atoms with E-state index in [1.165, 1.54) is 5.56 Å². The highest BCUT2D eigenvalue weighted by atomic mass is 16.5. The maximum atomic E-state index is 12.5. The molecular formula is C20H22N2O3. The SMILES string of the molecule is Cc1ccc(CNC(=O)c2ccccc2NC(=O)[C@H]2CCCO2)cc1. The summed E-state index contributed by atoms with van der Waals surface area (Å²) in [6.07, 6.45) is 1.17. The maximum Gasteiger partial charge on any atom is 0.253 e. The molecule has 0 saturated carbocycles. The maximum absolute atomic E-state index is 12.5. The number of hydrogen-bond acceptors (Lipinski definition) is 3. The topological polar surface area (TPSA) is 67.4 Å². The average molecular weight is 338 g/mol. The van der Waals surface area contributed by atoms with Crippen molar-refractivity contribution < 1.29 is 14.3 Å². The Labute approximate surface area is 147 Å². The second kappa shape index (κ2) is 7.94. The number of benzene rings is 2. The normalized spacial score (nSPS) is 16.4. The largest absolute Gasteiger partial charge is 0.368 e. The van der Waals surface area contributed by atoms with Crippen molar-refractivity contribution in [1.82, 2.24) is 5.32 Å². The summed E-state index contributed by atoms with van der Waals surface area (Å²) in [7, 11) is 0. The summed E-state index contributed by atoms with van der Waals surface area (Å²) < 4.78 is 5.39. The first-order chi connectivity index (χ1) is 12.1. The van der Waals surface area contributed by atoms with Gasteiger partial charge in [-0.15, -0.1) is 0 Å². The van der Waals surface area contributed by atoms with Crippen molar-refractivity contribution in [2.75, 3.05) is 11.9 Å². The van der Waals surface area contributed by atoms with Crippen LogP contribution in [0.25, 0.3) is 0 Å².